The van der Waals surface area contributed by atoms with Gasteiger partial charge in [0.25, 0.3) is 0 Å². The van der Waals surface area contributed by atoms with Crippen molar-refractivity contribution in [1.82, 2.24) is 0 Å². The second-order valence-electron chi connectivity index (χ2n) is 4.84. The molecule has 4 heteroatoms. The van der Waals surface area contributed by atoms with E-state index in [4.69, 9.17) is 11.6 Å². The summed E-state index contributed by atoms with van der Waals surface area (Å²) in [5, 5.41) is 3.80. The molecule has 0 heterocycles. The van der Waals surface area contributed by atoms with Gasteiger partial charge in [-0.15, -0.1) is 0 Å². The smallest absolute Gasteiger partial charge is 0.0815 e. The predicted molar refractivity (Wildman–Crippen MR) is 86.7 cm³/mol. The topological polar surface area (TPSA) is 12.0 Å². The normalized spacial score (nSPS) is 10.7. The van der Waals surface area contributed by atoms with Crippen LogP contribution in [0.1, 0.15) is 22.3 Å². The van der Waals surface area contributed by atoms with Crippen molar-refractivity contribution in [2.75, 3.05) is 12.4 Å². The molecule has 2 aromatic rings. The zero-order chi connectivity index (χ0) is 14.7. The third-order valence-corrected chi connectivity index (χ3v) is 4.32. The van der Waals surface area contributed by atoms with Crippen LogP contribution in [-0.2, 0) is 6.42 Å². The van der Waals surface area contributed by atoms with E-state index in [1.54, 1.807) is 0 Å². The summed E-state index contributed by atoms with van der Waals surface area (Å²) in [6.07, 6.45) is 0.751. The highest BCUT2D eigenvalue weighted by Gasteiger charge is 2.10. The van der Waals surface area contributed by atoms with E-state index >= 15 is 0 Å². The molecule has 106 valence electrons. The Balaban J connectivity index is 2.42. The molecule has 0 atom stereocenters. The summed E-state index contributed by atoms with van der Waals surface area (Å²) in [6.45, 7) is 4.02. The first-order chi connectivity index (χ1) is 9.55. The summed E-state index contributed by atoms with van der Waals surface area (Å²) in [5.41, 5.74) is 5.44. The summed E-state index contributed by atoms with van der Waals surface area (Å²) < 4.78 is 12.9. The maximum atomic E-state index is 12.9. The second kappa shape index (κ2) is 6.51. The van der Waals surface area contributed by atoms with Crippen molar-refractivity contribution in [3.63, 3.8) is 0 Å². The van der Waals surface area contributed by atoms with Crippen molar-refractivity contribution in [3.05, 3.63) is 57.6 Å². The van der Waals surface area contributed by atoms with Crippen LogP contribution >= 0.6 is 23.7 Å². The van der Waals surface area contributed by atoms with Gasteiger partial charge in [-0.25, -0.2) is 0 Å². The first kappa shape index (κ1) is 15.2. The number of nitrogens with one attached hydrogen (secondary N) is 1. The molecule has 1 nitrogen and oxygen atoms in total. The van der Waals surface area contributed by atoms with Crippen molar-refractivity contribution < 1.29 is 3.89 Å². The molecule has 20 heavy (non-hydrogen) atoms. The molecule has 0 saturated heterocycles. The van der Waals surface area contributed by atoms with E-state index in [0.29, 0.717) is 22.1 Å². The molecule has 0 amide bonds. The molecule has 0 aliphatic rings. The minimum atomic E-state index is 0.301. The second-order valence-corrected chi connectivity index (χ2v) is 5.87. The molecule has 0 aromatic heterocycles. The largest absolute Gasteiger partial charge is 0.388 e. The summed E-state index contributed by atoms with van der Waals surface area (Å²) >= 11 is 6.43. The fraction of sp³-hybridized carbons (Fsp3) is 0.250. The molecule has 0 saturated carbocycles. The van der Waals surface area contributed by atoms with Crippen molar-refractivity contribution in [2.45, 2.75) is 25.2 Å². The molecule has 2 rings (SSSR count). The van der Waals surface area contributed by atoms with Gasteiger partial charge in [0.05, 0.1) is 12.1 Å². The van der Waals surface area contributed by atoms with Gasteiger partial charge in [-0.05, 0) is 66.8 Å². The zero-order valence-corrected chi connectivity index (χ0v) is 13.3. The summed E-state index contributed by atoms with van der Waals surface area (Å²) in [5.74, 6) is 0. The average molecular weight is 310 g/mol. The molecule has 0 aliphatic heterocycles. The van der Waals surface area contributed by atoms with Crippen LogP contribution in [0.15, 0.2) is 35.2 Å². The lowest BCUT2D eigenvalue weighted by Crippen LogP contribution is -1.98. The van der Waals surface area contributed by atoms with Crippen LogP contribution in [0.2, 0.25) is 5.02 Å². The van der Waals surface area contributed by atoms with E-state index in [9.17, 15) is 3.89 Å². The monoisotopic (exact) mass is 309 g/mol. The molecule has 0 aliphatic carbocycles. The van der Waals surface area contributed by atoms with E-state index in [-0.39, 0.29) is 0 Å². The number of aryl methyl sites for hydroxylation is 1. The number of halogens is 2. The predicted octanol–water partition coefficient (Wildman–Crippen LogP) is 5.57. The van der Waals surface area contributed by atoms with Gasteiger partial charge in [-0.2, -0.15) is 3.89 Å². The zero-order valence-electron chi connectivity index (χ0n) is 11.8. The molecule has 2 aromatic carbocycles. The van der Waals surface area contributed by atoms with Crippen LogP contribution < -0.4 is 5.32 Å². The van der Waals surface area contributed by atoms with Gasteiger partial charge in [-0.3, -0.25) is 0 Å². The van der Waals surface area contributed by atoms with Gasteiger partial charge >= 0.3 is 0 Å². The van der Waals surface area contributed by atoms with E-state index < -0.39 is 0 Å². The maximum absolute atomic E-state index is 12.9. The Morgan fingerprint density at radius 1 is 1.20 bits per heavy atom. The maximum Gasteiger partial charge on any atom is 0.0815 e. The Kier molecular flexibility index (Phi) is 4.95. The van der Waals surface area contributed by atoms with E-state index in [1.807, 2.05) is 38.2 Å². The number of benzene rings is 2. The first-order valence-corrected chi connectivity index (χ1v) is 7.49. The summed E-state index contributed by atoms with van der Waals surface area (Å²) in [4.78, 5) is 0.682. The fourth-order valence-electron chi connectivity index (χ4n) is 2.33. The highest BCUT2D eigenvalue weighted by atomic mass is 35.5. The van der Waals surface area contributed by atoms with Crippen LogP contribution in [0, 0.1) is 13.8 Å². The van der Waals surface area contributed by atoms with Crippen molar-refractivity contribution >= 4 is 29.4 Å². The third-order valence-electron chi connectivity index (χ3n) is 3.49. The van der Waals surface area contributed by atoms with E-state index in [1.165, 1.54) is 5.56 Å². The molecular formula is C16H17ClFNS. The summed E-state index contributed by atoms with van der Waals surface area (Å²) in [7, 11) is 1.87. The average Bonchev–Trinajstić information content (AvgIpc) is 2.43. The van der Waals surface area contributed by atoms with Crippen LogP contribution in [-0.4, -0.2) is 7.05 Å². The van der Waals surface area contributed by atoms with Gasteiger partial charge < -0.3 is 5.32 Å². The van der Waals surface area contributed by atoms with Crippen molar-refractivity contribution in [3.8, 4) is 0 Å². The molecule has 0 radical (unpaired) electrons. The van der Waals surface area contributed by atoms with Crippen molar-refractivity contribution in [1.29, 1.82) is 0 Å². The summed E-state index contributed by atoms with van der Waals surface area (Å²) in [6, 6.07) is 9.71. The third kappa shape index (κ3) is 3.28. The molecule has 0 bridgehead atoms. The SMILES string of the molecule is CNc1cc(Cl)cc(Cc2c(C)ccc(SF)c2C)c1. The highest BCUT2D eigenvalue weighted by Crippen LogP contribution is 2.30. The van der Waals surface area contributed by atoms with Gasteiger partial charge in [-0.1, -0.05) is 17.7 Å². The molecule has 0 fully saturated rings. The number of rotatable bonds is 4. The lowest BCUT2D eigenvalue weighted by Gasteiger charge is -2.13. The Hall–Kier alpha value is -1.19. The fourth-order valence-corrected chi connectivity index (χ4v) is 2.94. The van der Waals surface area contributed by atoms with Gasteiger partial charge in [0.1, 0.15) is 0 Å². The van der Waals surface area contributed by atoms with Crippen LogP contribution in [0.3, 0.4) is 0 Å². The van der Waals surface area contributed by atoms with Crippen LogP contribution in [0.25, 0.3) is 0 Å². The Morgan fingerprint density at radius 3 is 2.60 bits per heavy atom. The first-order valence-electron chi connectivity index (χ1n) is 6.40. The number of hydrogen-bond acceptors (Lipinski definition) is 2. The van der Waals surface area contributed by atoms with Crippen LogP contribution in [0.4, 0.5) is 9.57 Å². The van der Waals surface area contributed by atoms with Crippen molar-refractivity contribution in [2.24, 2.45) is 0 Å². The van der Waals surface area contributed by atoms with E-state index in [2.05, 4.69) is 18.3 Å². The van der Waals surface area contributed by atoms with E-state index in [0.717, 1.165) is 28.8 Å². The lowest BCUT2D eigenvalue weighted by atomic mass is 9.96. The molecule has 1 N–H and O–H groups in total. The minimum Gasteiger partial charge on any atom is -0.388 e. The lowest BCUT2D eigenvalue weighted by molar-refractivity contribution is 0.928. The highest BCUT2D eigenvalue weighted by molar-refractivity contribution is 7.94. The Bertz CT molecular complexity index is 628. The van der Waals surface area contributed by atoms with Gasteiger partial charge in [0.2, 0.25) is 0 Å². The molecular weight excluding hydrogens is 293 g/mol. The molecule has 0 unspecified atom stereocenters. The minimum absolute atomic E-state index is 0.301. The number of hydrogen-bond donors (Lipinski definition) is 1. The Labute approximate surface area is 128 Å². The van der Waals surface area contributed by atoms with Gasteiger partial charge in [0.15, 0.2) is 0 Å². The number of anilines is 1. The quantitative estimate of drug-likeness (QED) is 0.793. The standard InChI is InChI=1S/C16H17ClFNS/c1-10-4-5-16(20-18)11(2)15(10)8-12-6-13(17)9-14(7-12)19-3/h4-7,9,19H,8H2,1-3H3. The molecule has 0 spiro atoms. The Morgan fingerprint density at radius 2 is 1.95 bits per heavy atom. The van der Waals surface area contributed by atoms with Gasteiger partial charge in [0, 0.05) is 22.7 Å². The van der Waals surface area contributed by atoms with Crippen LogP contribution in [0.5, 0.6) is 0 Å².